The normalized spacial score (nSPS) is 21.4. The zero-order valence-electron chi connectivity index (χ0n) is 12.1. The van der Waals surface area contributed by atoms with Gasteiger partial charge in [-0.3, -0.25) is 4.79 Å². The summed E-state index contributed by atoms with van der Waals surface area (Å²) in [5, 5.41) is 12.6. The van der Waals surface area contributed by atoms with E-state index in [1.54, 1.807) is 6.07 Å². The second kappa shape index (κ2) is 7.46. The van der Waals surface area contributed by atoms with Gasteiger partial charge in [0.25, 0.3) is 0 Å². The van der Waals surface area contributed by atoms with Crippen LogP contribution in [-0.2, 0) is 9.53 Å². The molecule has 0 aromatic heterocycles. The minimum absolute atomic E-state index is 0.0334. The van der Waals surface area contributed by atoms with Gasteiger partial charge in [-0.1, -0.05) is 22.4 Å². The Labute approximate surface area is 133 Å². The van der Waals surface area contributed by atoms with Gasteiger partial charge in [0.2, 0.25) is 0 Å². The molecule has 2 rings (SSSR count). The van der Waals surface area contributed by atoms with Gasteiger partial charge in [-0.25, -0.2) is 0 Å². The Morgan fingerprint density at radius 2 is 2.33 bits per heavy atom. The first-order chi connectivity index (χ1) is 10.1. The number of hydrogen-bond donors (Lipinski definition) is 1. The number of carbonyl (C=O) groups is 1. The zero-order valence-corrected chi connectivity index (χ0v) is 13.6. The minimum Gasteiger partial charge on any atom is -0.466 e. The largest absolute Gasteiger partial charge is 0.466 e. The first-order valence-corrected chi connectivity index (χ1v) is 8.06. The number of esters is 1. The molecule has 1 aromatic carbocycles. The van der Waals surface area contributed by atoms with Gasteiger partial charge in [0, 0.05) is 10.5 Å². The van der Waals surface area contributed by atoms with E-state index in [1.807, 2.05) is 19.1 Å². The van der Waals surface area contributed by atoms with Gasteiger partial charge in [-0.05, 0) is 44.4 Å². The molecular weight excluding hydrogens is 332 g/mol. The maximum absolute atomic E-state index is 11.9. The third-order valence-electron chi connectivity index (χ3n) is 3.76. The minimum atomic E-state index is -0.0984. The maximum Gasteiger partial charge on any atom is 0.308 e. The molecule has 0 bridgehead atoms. The number of nitrogens with one attached hydrogen (secondary N) is 1. The fourth-order valence-corrected chi connectivity index (χ4v) is 3.11. The molecule has 1 saturated carbocycles. The summed E-state index contributed by atoms with van der Waals surface area (Å²) >= 11 is 3.42. The molecule has 2 unspecified atom stereocenters. The van der Waals surface area contributed by atoms with Crippen LogP contribution >= 0.6 is 15.9 Å². The van der Waals surface area contributed by atoms with Crippen LogP contribution in [0.1, 0.15) is 38.2 Å². The lowest BCUT2D eigenvalue weighted by Crippen LogP contribution is -2.32. The van der Waals surface area contributed by atoms with E-state index in [0.29, 0.717) is 12.2 Å². The summed E-state index contributed by atoms with van der Waals surface area (Å²) in [6.45, 7) is 2.26. The van der Waals surface area contributed by atoms with E-state index in [4.69, 9.17) is 10.00 Å². The second-order valence-corrected chi connectivity index (χ2v) is 6.17. The van der Waals surface area contributed by atoms with E-state index in [2.05, 4.69) is 27.3 Å². The van der Waals surface area contributed by atoms with Gasteiger partial charge in [0.15, 0.2) is 0 Å². The quantitative estimate of drug-likeness (QED) is 0.837. The van der Waals surface area contributed by atoms with Crippen molar-refractivity contribution in [1.29, 1.82) is 5.26 Å². The molecule has 5 heteroatoms. The van der Waals surface area contributed by atoms with Crippen molar-refractivity contribution in [2.75, 3.05) is 11.9 Å². The Bertz CT molecular complexity index is 554. The van der Waals surface area contributed by atoms with E-state index < -0.39 is 0 Å². The van der Waals surface area contributed by atoms with Crippen LogP contribution in [0.4, 0.5) is 5.69 Å². The standard InChI is InChI=1S/C16H19BrN2O2/c1-2-21-16(20)11-4-3-5-14(8-11)19-15-9-13(17)7-6-12(15)10-18/h6-7,9,11,14,19H,2-5,8H2,1H3. The average molecular weight is 351 g/mol. The van der Waals surface area contributed by atoms with Crippen molar-refractivity contribution in [3.63, 3.8) is 0 Å². The molecule has 0 heterocycles. The van der Waals surface area contributed by atoms with Gasteiger partial charge < -0.3 is 10.1 Å². The van der Waals surface area contributed by atoms with Crippen LogP contribution in [0.25, 0.3) is 0 Å². The third kappa shape index (κ3) is 4.21. The highest BCUT2D eigenvalue weighted by Crippen LogP contribution is 2.29. The molecular formula is C16H19BrN2O2. The lowest BCUT2D eigenvalue weighted by atomic mass is 9.85. The lowest BCUT2D eigenvalue weighted by Gasteiger charge is -2.29. The number of halogens is 1. The molecule has 1 N–H and O–H groups in total. The van der Waals surface area contributed by atoms with E-state index >= 15 is 0 Å². The van der Waals surface area contributed by atoms with E-state index in [0.717, 1.165) is 35.8 Å². The SMILES string of the molecule is CCOC(=O)C1CCCC(Nc2cc(Br)ccc2C#N)C1. The Balaban J connectivity index is 2.04. The highest BCUT2D eigenvalue weighted by Gasteiger charge is 2.28. The maximum atomic E-state index is 11.9. The molecule has 0 amide bonds. The third-order valence-corrected chi connectivity index (χ3v) is 4.25. The van der Waals surface area contributed by atoms with Gasteiger partial charge >= 0.3 is 5.97 Å². The Hall–Kier alpha value is -1.54. The molecule has 1 aliphatic rings. The van der Waals surface area contributed by atoms with Crippen molar-refractivity contribution in [3.05, 3.63) is 28.2 Å². The summed E-state index contributed by atoms with van der Waals surface area (Å²) in [5.41, 5.74) is 1.44. The molecule has 112 valence electrons. The first kappa shape index (κ1) is 15.8. The van der Waals surface area contributed by atoms with E-state index in [1.165, 1.54) is 0 Å². The second-order valence-electron chi connectivity index (χ2n) is 5.26. The number of carbonyl (C=O) groups excluding carboxylic acids is 1. The van der Waals surface area contributed by atoms with Crippen LogP contribution < -0.4 is 5.32 Å². The number of rotatable bonds is 4. The number of nitriles is 1. The smallest absolute Gasteiger partial charge is 0.308 e. The predicted octanol–water partition coefficient (Wildman–Crippen LogP) is 3.85. The topological polar surface area (TPSA) is 62.1 Å². The average Bonchev–Trinajstić information content (AvgIpc) is 2.48. The Morgan fingerprint density at radius 1 is 1.52 bits per heavy atom. The summed E-state index contributed by atoms with van der Waals surface area (Å²) in [4.78, 5) is 11.9. The zero-order chi connectivity index (χ0) is 15.2. The molecule has 1 aromatic rings. The Morgan fingerprint density at radius 3 is 3.05 bits per heavy atom. The molecule has 1 aliphatic carbocycles. The summed E-state index contributed by atoms with van der Waals surface area (Å²) in [6, 6.07) is 7.95. The first-order valence-electron chi connectivity index (χ1n) is 7.26. The van der Waals surface area contributed by atoms with Gasteiger partial charge in [-0.15, -0.1) is 0 Å². The number of anilines is 1. The molecule has 1 fully saturated rings. The highest BCUT2D eigenvalue weighted by atomic mass is 79.9. The van der Waals surface area contributed by atoms with Crippen LogP contribution in [0.3, 0.4) is 0 Å². The van der Waals surface area contributed by atoms with Crippen LogP contribution in [-0.4, -0.2) is 18.6 Å². The molecule has 0 spiro atoms. The Kier molecular flexibility index (Phi) is 5.63. The van der Waals surface area contributed by atoms with E-state index in [-0.39, 0.29) is 17.9 Å². The van der Waals surface area contributed by atoms with Gasteiger partial charge in [0.05, 0.1) is 23.8 Å². The molecule has 0 saturated heterocycles. The van der Waals surface area contributed by atoms with Crippen molar-refractivity contribution in [2.45, 2.75) is 38.6 Å². The van der Waals surface area contributed by atoms with Crippen molar-refractivity contribution in [2.24, 2.45) is 5.92 Å². The molecule has 0 aliphatic heterocycles. The highest BCUT2D eigenvalue weighted by molar-refractivity contribution is 9.10. The number of ether oxygens (including phenoxy) is 1. The molecule has 0 radical (unpaired) electrons. The molecule has 4 nitrogen and oxygen atoms in total. The van der Waals surface area contributed by atoms with Gasteiger partial charge in [-0.2, -0.15) is 5.26 Å². The van der Waals surface area contributed by atoms with Crippen molar-refractivity contribution < 1.29 is 9.53 Å². The van der Waals surface area contributed by atoms with Gasteiger partial charge in [0.1, 0.15) is 6.07 Å². The monoisotopic (exact) mass is 350 g/mol. The number of nitrogens with zero attached hydrogens (tertiary/aromatic N) is 1. The summed E-state index contributed by atoms with van der Waals surface area (Å²) in [5.74, 6) is -0.132. The summed E-state index contributed by atoms with van der Waals surface area (Å²) < 4.78 is 6.05. The van der Waals surface area contributed by atoms with Crippen molar-refractivity contribution >= 4 is 27.6 Å². The fourth-order valence-electron chi connectivity index (χ4n) is 2.75. The van der Waals surface area contributed by atoms with Crippen LogP contribution in [0.2, 0.25) is 0 Å². The number of benzene rings is 1. The van der Waals surface area contributed by atoms with Crippen LogP contribution in [0.5, 0.6) is 0 Å². The summed E-state index contributed by atoms with van der Waals surface area (Å²) in [6.07, 6.45) is 3.65. The lowest BCUT2D eigenvalue weighted by molar-refractivity contribution is -0.149. The van der Waals surface area contributed by atoms with Crippen LogP contribution in [0, 0.1) is 17.2 Å². The molecule has 21 heavy (non-hydrogen) atoms. The number of hydrogen-bond acceptors (Lipinski definition) is 4. The summed E-state index contributed by atoms with van der Waals surface area (Å²) in [7, 11) is 0. The molecule has 2 atom stereocenters. The van der Waals surface area contributed by atoms with Crippen LogP contribution in [0.15, 0.2) is 22.7 Å². The predicted molar refractivity (Wildman–Crippen MR) is 84.9 cm³/mol. The van der Waals surface area contributed by atoms with Crippen molar-refractivity contribution in [1.82, 2.24) is 0 Å². The van der Waals surface area contributed by atoms with E-state index in [9.17, 15) is 4.79 Å². The van der Waals surface area contributed by atoms with Crippen molar-refractivity contribution in [3.8, 4) is 6.07 Å². The fraction of sp³-hybridized carbons (Fsp3) is 0.500.